The van der Waals surface area contributed by atoms with Crippen molar-refractivity contribution in [2.75, 3.05) is 0 Å². The second-order valence-corrected chi connectivity index (χ2v) is 12.1. The summed E-state index contributed by atoms with van der Waals surface area (Å²) in [5.74, 6) is 5.00. The molecule has 0 aromatic heterocycles. The summed E-state index contributed by atoms with van der Waals surface area (Å²) in [5, 5.41) is 21.3. The molecule has 2 aromatic rings. The predicted molar refractivity (Wildman–Crippen MR) is 131 cm³/mol. The molecule has 172 valence electrons. The highest BCUT2D eigenvalue weighted by Gasteiger charge is 2.58. The third-order valence-corrected chi connectivity index (χ3v) is 8.80. The lowest BCUT2D eigenvalue weighted by molar-refractivity contribution is -0.0419. The molecule has 0 amide bonds. The maximum atomic E-state index is 10.6. The van der Waals surface area contributed by atoms with Gasteiger partial charge in [-0.3, -0.25) is 0 Å². The maximum Gasteiger partial charge on any atom is 0.118 e. The molecule has 6 rings (SSSR count). The molecular weight excluding hydrogens is 392 g/mol. The van der Waals surface area contributed by atoms with Crippen molar-refractivity contribution < 1.29 is 10.2 Å². The summed E-state index contributed by atoms with van der Waals surface area (Å²) in [4.78, 5) is 0. The van der Waals surface area contributed by atoms with Crippen LogP contribution < -0.4 is 0 Å². The molecule has 0 radical (unpaired) electrons. The Morgan fingerprint density at radius 3 is 1.47 bits per heavy atom. The van der Waals surface area contributed by atoms with Gasteiger partial charge in [0, 0.05) is 5.41 Å². The van der Waals surface area contributed by atoms with Crippen LogP contribution in [-0.4, -0.2) is 10.2 Å². The molecule has 2 nitrogen and oxygen atoms in total. The van der Waals surface area contributed by atoms with E-state index in [4.69, 9.17) is 0 Å². The molecule has 2 aromatic carbocycles. The van der Waals surface area contributed by atoms with Crippen molar-refractivity contribution in [1.29, 1.82) is 0 Å². The molecule has 0 heterocycles. The van der Waals surface area contributed by atoms with Gasteiger partial charge in [0.2, 0.25) is 0 Å². The molecule has 4 aliphatic rings. The van der Waals surface area contributed by atoms with Crippen molar-refractivity contribution in [2.24, 2.45) is 35.5 Å². The summed E-state index contributed by atoms with van der Waals surface area (Å²) in [5.41, 5.74) is 4.99. The van der Waals surface area contributed by atoms with E-state index in [0.717, 1.165) is 35.8 Å². The van der Waals surface area contributed by atoms with Crippen LogP contribution in [0.25, 0.3) is 0 Å². The number of benzene rings is 2. The predicted octanol–water partition coefficient (Wildman–Crippen LogP) is 7.24. The van der Waals surface area contributed by atoms with Gasteiger partial charge in [0.15, 0.2) is 0 Å². The summed E-state index contributed by atoms with van der Waals surface area (Å²) in [6, 6.07) is 13.0. The number of hydrogen-bond acceptors (Lipinski definition) is 2. The third kappa shape index (κ3) is 3.55. The van der Waals surface area contributed by atoms with Crippen molar-refractivity contribution in [3.63, 3.8) is 0 Å². The number of hydrogen-bond donors (Lipinski definition) is 2. The molecule has 0 saturated heterocycles. The molecule has 2 heteroatoms. The van der Waals surface area contributed by atoms with Crippen LogP contribution in [0.15, 0.2) is 36.4 Å². The zero-order valence-corrected chi connectivity index (χ0v) is 20.3. The molecule has 4 saturated carbocycles. The Labute approximate surface area is 194 Å². The van der Waals surface area contributed by atoms with E-state index in [1.165, 1.54) is 43.2 Å². The highest BCUT2D eigenvalue weighted by atomic mass is 16.3. The van der Waals surface area contributed by atoms with E-state index < -0.39 is 0 Å². The summed E-state index contributed by atoms with van der Waals surface area (Å²) < 4.78 is 0. The van der Waals surface area contributed by atoms with Crippen LogP contribution in [0.3, 0.4) is 0 Å². The first-order valence-corrected chi connectivity index (χ1v) is 12.9. The van der Waals surface area contributed by atoms with Gasteiger partial charge in [0.25, 0.3) is 0 Å². The summed E-state index contributed by atoms with van der Waals surface area (Å²) in [6.07, 6.45) is 8.56. The van der Waals surface area contributed by atoms with E-state index in [-0.39, 0.29) is 5.41 Å². The number of phenolic OH excluding ortho intramolecular Hbond substituents is 2. The maximum absolute atomic E-state index is 10.6. The van der Waals surface area contributed by atoms with Crippen LogP contribution in [-0.2, 0) is 18.3 Å². The topological polar surface area (TPSA) is 40.5 Å². The van der Waals surface area contributed by atoms with Crippen LogP contribution in [0.5, 0.6) is 11.5 Å². The van der Waals surface area contributed by atoms with E-state index >= 15 is 0 Å². The van der Waals surface area contributed by atoms with Crippen molar-refractivity contribution >= 4 is 0 Å². The molecule has 32 heavy (non-hydrogen) atoms. The standard InChI is InChI=1S/C30H40O2/c1-18(2)9-22-16-24(5-7-28(22)31)30(25-6-8-29(32)23(17-25)10-19(3)4)26-12-20-11-21(14-26)15-27(30)13-20/h5-8,16-21,26-27,31-32H,9-15H2,1-4H3. The van der Waals surface area contributed by atoms with Crippen molar-refractivity contribution in [2.45, 2.75) is 78.1 Å². The highest BCUT2D eigenvalue weighted by molar-refractivity contribution is 5.51. The fraction of sp³-hybridized carbons (Fsp3) is 0.600. The number of rotatable bonds is 6. The lowest BCUT2D eigenvalue weighted by atomic mass is 9.42. The quantitative estimate of drug-likeness (QED) is 0.505. The Bertz CT molecular complexity index is 897. The van der Waals surface area contributed by atoms with Crippen LogP contribution >= 0.6 is 0 Å². The third-order valence-electron chi connectivity index (χ3n) is 8.80. The van der Waals surface area contributed by atoms with Crippen LogP contribution in [0.4, 0.5) is 0 Å². The Hall–Kier alpha value is -1.96. The van der Waals surface area contributed by atoms with Crippen LogP contribution in [0.1, 0.15) is 82.1 Å². The fourth-order valence-electron chi connectivity index (χ4n) is 7.93. The van der Waals surface area contributed by atoms with Crippen LogP contribution in [0, 0.1) is 35.5 Å². The normalized spacial score (nSPS) is 28.1. The average Bonchev–Trinajstić information content (AvgIpc) is 2.71. The van der Waals surface area contributed by atoms with Gasteiger partial charge in [-0.05, 0) is 115 Å². The highest BCUT2D eigenvalue weighted by Crippen LogP contribution is 2.65. The van der Waals surface area contributed by atoms with E-state index in [1.807, 2.05) is 12.1 Å². The molecule has 4 fully saturated rings. The van der Waals surface area contributed by atoms with Crippen molar-refractivity contribution in [1.82, 2.24) is 0 Å². The Kier molecular flexibility index (Phi) is 5.55. The van der Waals surface area contributed by atoms with Crippen molar-refractivity contribution in [3.05, 3.63) is 58.7 Å². The molecule has 0 aliphatic heterocycles. The molecule has 0 spiro atoms. The largest absolute Gasteiger partial charge is 0.508 e. The van der Waals surface area contributed by atoms with Crippen molar-refractivity contribution in [3.8, 4) is 11.5 Å². The van der Waals surface area contributed by atoms with E-state index in [1.54, 1.807) is 0 Å². The van der Waals surface area contributed by atoms with Gasteiger partial charge in [0.05, 0.1) is 0 Å². The molecule has 0 atom stereocenters. The smallest absolute Gasteiger partial charge is 0.118 e. The first-order chi connectivity index (χ1) is 15.3. The second-order valence-electron chi connectivity index (χ2n) is 12.1. The van der Waals surface area contributed by atoms with E-state index in [9.17, 15) is 10.2 Å². The summed E-state index contributed by atoms with van der Waals surface area (Å²) in [7, 11) is 0. The van der Waals surface area contributed by atoms with Crippen LogP contribution in [0.2, 0.25) is 0 Å². The van der Waals surface area contributed by atoms with Gasteiger partial charge < -0.3 is 10.2 Å². The number of aromatic hydroxyl groups is 2. The monoisotopic (exact) mass is 432 g/mol. The first kappa shape index (κ1) is 21.9. The second kappa shape index (κ2) is 8.12. The minimum Gasteiger partial charge on any atom is -0.508 e. The summed E-state index contributed by atoms with van der Waals surface area (Å²) >= 11 is 0. The average molecular weight is 433 g/mol. The SMILES string of the molecule is CC(C)Cc1cc(C2(c3ccc(O)c(CC(C)C)c3)C3CC4CC(C3)CC2C4)ccc1O. The van der Waals surface area contributed by atoms with E-state index in [0.29, 0.717) is 35.2 Å². The lowest BCUT2D eigenvalue weighted by Gasteiger charge is -2.62. The van der Waals surface area contributed by atoms with Gasteiger partial charge in [-0.15, -0.1) is 0 Å². The van der Waals surface area contributed by atoms with Gasteiger partial charge in [-0.1, -0.05) is 52.0 Å². The fourth-order valence-corrected chi connectivity index (χ4v) is 7.93. The lowest BCUT2D eigenvalue weighted by Crippen LogP contribution is -2.56. The van der Waals surface area contributed by atoms with Gasteiger partial charge in [0.1, 0.15) is 11.5 Å². The molecule has 0 unspecified atom stereocenters. The minimum absolute atomic E-state index is 0.00623. The first-order valence-electron chi connectivity index (χ1n) is 12.9. The Morgan fingerprint density at radius 1 is 0.688 bits per heavy atom. The molecule has 4 aliphatic carbocycles. The Balaban J connectivity index is 1.69. The molecule has 2 N–H and O–H groups in total. The number of phenols is 2. The minimum atomic E-state index is 0.00623. The molecule has 4 bridgehead atoms. The van der Waals surface area contributed by atoms with Gasteiger partial charge in [-0.2, -0.15) is 0 Å². The van der Waals surface area contributed by atoms with E-state index in [2.05, 4.69) is 52.0 Å². The zero-order chi connectivity index (χ0) is 22.6. The summed E-state index contributed by atoms with van der Waals surface area (Å²) in [6.45, 7) is 8.90. The Morgan fingerprint density at radius 2 is 1.09 bits per heavy atom. The van der Waals surface area contributed by atoms with Gasteiger partial charge in [-0.25, -0.2) is 0 Å². The van der Waals surface area contributed by atoms with Gasteiger partial charge >= 0.3 is 0 Å². The molecular formula is C30H40O2. The zero-order valence-electron chi connectivity index (χ0n) is 20.3.